The highest BCUT2D eigenvalue weighted by Crippen LogP contribution is 2.36. The van der Waals surface area contributed by atoms with Crippen molar-refractivity contribution < 1.29 is 4.52 Å². The molecule has 4 heteroatoms. The van der Waals surface area contributed by atoms with Crippen LogP contribution in [-0.4, -0.2) is 5.16 Å². The van der Waals surface area contributed by atoms with Gasteiger partial charge in [-0.2, -0.15) is 0 Å². The second kappa shape index (κ2) is 2.51. The zero-order chi connectivity index (χ0) is 9.54. The molecule has 2 heterocycles. The molecule has 0 spiro atoms. The highest BCUT2D eigenvalue weighted by molar-refractivity contribution is 5.81. The van der Waals surface area contributed by atoms with Crippen molar-refractivity contribution in [2.45, 2.75) is 6.54 Å². The molecule has 1 aliphatic heterocycles. The molecule has 0 saturated carbocycles. The first-order chi connectivity index (χ1) is 6.86. The quantitative estimate of drug-likeness (QED) is 0.660. The molecule has 0 unspecified atom stereocenters. The van der Waals surface area contributed by atoms with Crippen LogP contribution >= 0.6 is 0 Å². The van der Waals surface area contributed by atoms with E-state index in [1.54, 1.807) is 0 Å². The second-order valence-electron chi connectivity index (χ2n) is 3.27. The number of anilines is 2. The van der Waals surface area contributed by atoms with E-state index in [9.17, 15) is 0 Å². The maximum Gasteiger partial charge on any atom is 0.227 e. The lowest BCUT2D eigenvalue weighted by Crippen LogP contribution is -2.08. The van der Waals surface area contributed by atoms with Gasteiger partial charge in [0.25, 0.3) is 0 Å². The van der Waals surface area contributed by atoms with E-state index in [1.165, 1.54) is 0 Å². The van der Waals surface area contributed by atoms with Crippen LogP contribution in [-0.2, 0) is 6.54 Å². The van der Waals surface area contributed by atoms with E-state index in [-0.39, 0.29) is 0 Å². The zero-order valence-electron chi connectivity index (χ0n) is 7.45. The van der Waals surface area contributed by atoms with E-state index in [0.717, 1.165) is 22.5 Å². The zero-order valence-corrected chi connectivity index (χ0v) is 7.45. The first kappa shape index (κ1) is 7.44. The van der Waals surface area contributed by atoms with Gasteiger partial charge in [-0.1, -0.05) is 23.4 Å². The number of nitrogens with one attached hydrogen (secondary N) is 1. The molecular formula is C10H9N3O. The third-order valence-corrected chi connectivity index (χ3v) is 2.46. The summed E-state index contributed by atoms with van der Waals surface area (Å²) in [6, 6.07) is 7.98. The maximum atomic E-state index is 5.65. The Balaban J connectivity index is 2.29. The van der Waals surface area contributed by atoms with E-state index in [0.29, 0.717) is 12.4 Å². The molecule has 14 heavy (non-hydrogen) atoms. The number of aromatic nitrogens is 1. The van der Waals surface area contributed by atoms with Gasteiger partial charge in [-0.15, -0.1) is 0 Å². The monoisotopic (exact) mass is 187 g/mol. The number of benzene rings is 1. The maximum absolute atomic E-state index is 5.65. The fourth-order valence-corrected chi connectivity index (χ4v) is 1.73. The summed E-state index contributed by atoms with van der Waals surface area (Å²) in [7, 11) is 0. The Hall–Kier alpha value is -1.97. The lowest BCUT2D eigenvalue weighted by Gasteiger charge is -2.16. The van der Waals surface area contributed by atoms with Gasteiger partial charge in [0.2, 0.25) is 5.88 Å². The van der Waals surface area contributed by atoms with Crippen molar-refractivity contribution in [3.8, 4) is 11.3 Å². The van der Waals surface area contributed by atoms with E-state index in [4.69, 9.17) is 10.3 Å². The number of nitrogens with two attached hydrogens (primary N) is 1. The van der Waals surface area contributed by atoms with Crippen LogP contribution in [0.25, 0.3) is 11.3 Å². The Kier molecular flexibility index (Phi) is 1.33. The van der Waals surface area contributed by atoms with Gasteiger partial charge in [0, 0.05) is 17.8 Å². The molecule has 1 aromatic heterocycles. The molecule has 70 valence electrons. The van der Waals surface area contributed by atoms with Crippen LogP contribution in [0.4, 0.5) is 11.6 Å². The molecule has 1 aliphatic rings. The lowest BCUT2D eigenvalue weighted by atomic mass is 10.0. The van der Waals surface area contributed by atoms with E-state index in [2.05, 4.69) is 10.5 Å². The summed E-state index contributed by atoms with van der Waals surface area (Å²) in [5, 5.41) is 7.22. The Morgan fingerprint density at radius 3 is 3.14 bits per heavy atom. The average molecular weight is 187 g/mol. The summed E-state index contributed by atoms with van der Waals surface area (Å²) in [5.74, 6) is 0.405. The van der Waals surface area contributed by atoms with Gasteiger partial charge < -0.3 is 15.6 Å². The molecule has 0 amide bonds. The fourth-order valence-electron chi connectivity index (χ4n) is 1.73. The van der Waals surface area contributed by atoms with Gasteiger partial charge in [-0.05, 0) is 6.07 Å². The van der Waals surface area contributed by atoms with Crippen molar-refractivity contribution in [3.63, 3.8) is 0 Å². The standard InChI is InChI=1S/C10H9N3O/c11-10-7-5-12-8-4-2-1-3-6(8)9(7)13-14-10/h1-4,12H,5,11H2. The minimum absolute atomic E-state index is 0.405. The Bertz CT molecular complexity index is 490. The molecule has 0 fully saturated rings. The average Bonchev–Trinajstić information content (AvgIpc) is 2.61. The molecule has 3 N–H and O–H groups in total. The molecule has 0 aliphatic carbocycles. The first-order valence-electron chi connectivity index (χ1n) is 4.43. The van der Waals surface area contributed by atoms with Crippen molar-refractivity contribution >= 4 is 11.6 Å². The molecular weight excluding hydrogens is 178 g/mol. The Morgan fingerprint density at radius 1 is 1.36 bits per heavy atom. The summed E-state index contributed by atoms with van der Waals surface area (Å²) in [5.41, 5.74) is 9.58. The lowest BCUT2D eigenvalue weighted by molar-refractivity contribution is 0.439. The first-order valence-corrected chi connectivity index (χ1v) is 4.43. The third-order valence-electron chi connectivity index (χ3n) is 2.46. The number of nitrogen functional groups attached to an aromatic ring is 1. The molecule has 1 aromatic carbocycles. The predicted molar refractivity (Wildman–Crippen MR) is 53.7 cm³/mol. The van der Waals surface area contributed by atoms with E-state index >= 15 is 0 Å². The van der Waals surface area contributed by atoms with Crippen LogP contribution in [0.5, 0.6) is 0 Å². The number of hydrogen-bond acceptors (Lipinski definition) is 4. The fraction of sp³-hybridized carbons (Fsp3) is 0.100. The van der Waals surface area contributed by atoms with Crippen molar-refractivity contribution in [1.82, 2.24) is 5.16 Å². The van der Waals surface area contributed by atoms with Crippen LogP contribution in [0, 0.1) is 0 Å². The minimum atomic E-state index is 0.405. The molecule has 0 radical (unpaired) electrons. The number of para-hydroxylation sites is 1. The summed E-state index contributed by atoms with van der Waals surface area (Å²) >= 11 is 0. The molecule has 0 bridgehead atoms. The van der Waals surface area contributed by atoms with Gasteiger partial charge in [0.05, 0.1) is 5.56 Å². The van der Waals surface area contributed by atoms with Crippen molar-refractivity contribution in [2.24, 2.45) is 0 Å². The normalized spacial score (nSPS) is 12.9. The number of hydrogen-bond donors (Lipinski definition) is 2. The molecule has 2 aromatic rings. The summed E-state index contributed by atoms with van der Waals surface area (Å²) in [6.45, 7) is 0.682. The largest absolute Gasteiger partial charge is 0.380 e. The van der Waals surface area contributed by atoms with Crippen molar-refractivity contribution in [2.75, 3.05) is 11.1 Å². The number of fused-ring (bicyclic) bond motifs is 3. The smallest absolute Gasteiger partial charge is 0.227 e. The van der Waals surface area contributed by atoms with Crippen LogP contribution in [0.2, 0.25) is 0 Å². The SMILES string of the molecule is Nc1onc2c1CNc1ccccc1-2. The van der Waals surface area contributed by atoms with Crippen LogP contribution < -0.4 is 11.1 Å². The van der Waals surface area contributed by atoms with Gasteiger partial charge in [-0.3, -0.25) is 0 Å². The van der Waals surface area contributed by atoms with Crippen molar-refractivity contribution in [3.05, 3.63) is 29.8 Å². The van der Waals surface area contributed by atoms with Gasteiger partial charge >= 0.3 is 0 Å². The van der Waals surface area contributed by atoms with Crippen LogP contribution in [0.15, 0.2) is 28.8 Å². The number of rotatable bonds is 0. The highest BCUT2D eigenvalue weighted by atomic mass is 16.5. The predicted octanol–water partition coefficient (Wildman–Crippen LogP) is 1.85. The summed E-state index contributed by atoms with van der Waals surface area (Å²) in [4.78, 5) is 0. The summed E-state index contributed by atoms with van der Waals surface area (Å²) < 4.78 is 4.96. The highest BCUT2D eigenvalue weighted by Gasteiger charge is 2.21. The molecule has 0 saturated heterocycles. The van der Waals surface area contributed by atoms with Gasteiger partial charge in [0.1, 0.15) is 5.69 Å². The van der Waals surface area contributed by atoms with Gasteiger partial charge in [-0.25, -0.2) is 0 Å². The van der Waals surface area contributed by atoms with E-state index in [1.807, 2.05) is 24.3 Å². The molecule has 3 rings (SSSR count). The van der Waals surface area contributed by atoms with E-state index < -0.39 is 0 Å². The molecule has 4 nitrogen and oxygen atoms in total. The molecule has 0 atom stereocenters. The summed E-state index contributed by atoms with van der Waals surface area (Å²) in [6.07, 6.45) is 0. The van der Waals surface area contributed by atoms with Crippen LogP contribution in [0.1, 0.15) is 5.56 Å². The van der Waals surface area contributed by atoms with Gasteiger partial charge in [0.15, 0.2) is 0 Å². The van der Waals surface area contributed by atoms with Crippen LogP contribution in [0.3, 0.4) is 0 Å². The minimum Gasteiger partial charge on any atom is -0.380 e. The van der Waals surface area contributed by atoms with Crippen molar-refractivity contribution in [1.29, 1.82) is 0 Å². The number of nitrogens with zero attached hydrogens (tertiary/aromatic N) is 1. The Morgan fingerprint density at radius 2 is 2.21 bits per heavy atom. The second-order valence-corrected chi connectivity index (χ2v) is 3.27. The third kappa shape index (κ3) is 0.849. The Labute approximate surface area is 80.7 Å². The topological polar surface area (TPSA) is 64.1 Å².